The molecule has 0 nitrogen and oxygen atoms in total. The van der Waals surface area contributed by atoms with E-state index in [9.17, 15) is 0 Å². The zero-order valence-electron chi connectivity index (χ0n) is 2.62. The molecule has 0 N–H and O–H groups in total. The van der Waals surface area contributed by atoms with Crippen LogP contribution >= 0.6 is 0 Å². The Morgan fingerprint density at radius 1 is 0.800 bits per heavy atom. The van der Waals surface area contributed by atoms with Crippen molar-refractivity contribution >= 4 is 37.7 Å². The third kappa shape index (κ3) is 31.9. The Morgan fingerprint density at radius 2 is 0.800 bits per heavy atom. The first-order chi connectivity index (χ1) is 1.00. The summed E-state index contributed by atoms with van der Waals surface area (Å²) in [4.78, 5) is 0. The summed E-state index contributed by atoms with van der Waals surface area (Å²) >= 11 is 0. The van der Waals surface area contributed by atoms with Crippen LogP contribution in [0, 0.1) is 12.8 Å². The molecule has 0 unspecified atom stereocenters. The normalized spacial score (nSPS) is 0.400. The van der Waals surface area contributed by atoms with Gasteiger partial charge in [0.25, 0.3) is 0 Å². The van der Waals surface area contributed by atoms with Crippen LogP contribution in [0.25, 0.3) is 0 Å². The van der Waals surface area contributed by atoms with Crippen LogP contribution in [0.1, 0.15) is 0 Å². The van der Waals surface area contributed by atoms with E-state index in [1.54, 1.807) is 0 Å². The summed E-state index contributed by atoms with van der Waals surface area (Å²) in [6.45, 7) is 0. The van der Waals surface area contributed by atoms with Gasteiger partial charge >= 0.3 is 37.7 Å². The average Bonchev–Trinajstić information content (AvgIpc) is 1.00. The number of halogens is 2. The molecule has 0 amide bonds. The van der Waals surface area contributed by atoms with Crippen LogP contribution in [0.2, 0.25) is 0 Å². The minimum atomic E-state index is 0. The summed E-state index contributed by atoms with van der Waals surface area (Å²) in [7, 11) is 0. The van der Waals surface area contributed by atoms with E-state index >= 15 is 0 Å². The molecule has 0 aromatic rings. The summed E-state index contributed by atoms with van der Waals surface area (Å²) in [6.07, 6.45) is 8.00. The Kier molecular flexibility index (Phi) is 346. The van der Waals surface area contributed by atoms with E-state index in [1.165, 1.54) is 0 Å². The first-order valence-electron chi connectivity index (χ1n) is 0.333. The van der Waals surface area contributed by atoms with Crippen molar-refractivity contribution in [2.75, 3.05) is 0 Å². The van der Waals surface area contributed by atoms with Gasteiger partial charge in [-0.05, 0) is 0 Å². The maximum Gasteiger partial charge on any atom is 2.00 e. The molecule has 0 aromatic carbocycles. The van der Waals surface area contributed by atoms with Gasteiger partial charge in [0.2, 0.25) is 0 Å². The monoisotopic (exact) mass is 136 g/mol. The number of hydrogen-bond acceptors (Lipinski definition) is 0. The Balaban J connectivity index is -0.00000000167. The fraction of sp³-hybridized carbons (Fsp3) is 0. The molecule has 5 heavy (non-hydrogen) atoms. The van der Waals surface area contributed by atoms with E-state index in [4.69, 9.17) is 0 Å². The van der Waals surface area contributed by atoms with E-state index in [1.807, 2.05) is 0 Å². The maximum absolute atomic E-state index is 4.00. The second-order valence-electron chi connectivity index (χ2n) is 0. The van der Waals surface area contributed by atoms with Gasteiger partial charge in [0.1, 0.15) is 0 Å². The predicted octanol–water partition coefficient (Wildman–Crippen LogP) is -6.12. The van der Waals surface area contributed by atoms with Crippen molar-refractivity contribution < 1.29 is 24.8 Å². The molecule has 3 heteroatoms. The summed E-state index contributed by atoms with van der Waals surface area (Å²) in [6, 6.07) is 0. The minimum absolute atomic E-state index is 0. The summed E-state index contributed by atoms with van der Waals surface area (Å²) in [5.41, 5.74) is 0. The van der Waals surface area contributed by atoms with Crippen molar-refractivity contribution in [3.8, 4) is 12.8 Å². The fourth-order valence-electron chi connectivity index (χ4n) is 0. The molecule has 0 radical (unpaired) electrons. The molecule has 0 aromatic heterocycles. The molecule has 0 aliphatic carbocycles. The van der Waals surface area contributed by atoms with Crippen LogP contribution in [0.4, 0.5) is 0 Å². The summed E-state index contributed by atoms with van der Waals surface area (Å²) in [5.74, 6) is 0. The largest absolute Gasteiger partial charge is 2.00 e. The molecule has 26 valence electrons. The average molecular weight is 137 g/mol. The SMILES string of the molecule is C#C.[Ca+2].[Cl-].[Cl-]. The standard InChI is InChI=1S/C2H2.Ca.2ClH/c1-2;;;/h1-2H;;2*1H/q;+2;;/p-2. The molecule has 0 spiro atoms. The van der Waals surface area contributed by atoms with Gasteiger partial charge in [-0.1, -0.05) is 0 Å². The van der Waals surface area contributed by atoms with Crippen molar-refractivity contribution in [3.05, 3.63) is 0 Å². The van der Waals surface area contributed by atoms with Crippen molar-refractivity contribution in [1.29, 1.82) is 0 Å². The van der Waals surface area contributed by atoms with Gasteiger partial charge in [-0.2, -0.15) is 0 Å². The number of rotatable bonds is 0. The molecule has 0 fully saturated rings. The van der Waals surface area contributed by atoms with Crippen LogP contribution < -0.4 is 24.8 Å². The van der Waals surface area contributed by atoms with E-state index in [0.29, 0.717) is 0 Å². The predicted molar refractivity (Wildman–Crippen MR) is 15.6 cm³/mol. The molecule has 0 bridgehead atoms. The zero-order valence-corrected chi connectivity index (χ0v) is 6.34. The first kappa shape index (κ1) is 32.4. The summed E-state index contributed by atoms with van der Waals surface area (Å²) < 4.78 is 0. The Morgan fingerprint density at radius 3 is 0.800 bits per heavy atom. The minimum Gasteiger partial charge on any atom is -1.00 e. The molecule has 0 rings (SSSR count). The Bertz CT molecular complexity index is 12.4. The van der Waals surface area contributed by atoms with Crippen molar-refractivity contribution in [3.63, 3.8) is 0 Å². The second kappa shape index (κ2) is 53.3. The third-order valence-electron chi connectivity index (χ3n) is 0. The van der Waals surface area contributed by atoms with Gasteiger partial charge in [0.05, 0.1) is 0 Å². The van der Waals surface area contributed by atoms with Gasteiger partial charge in [0, 0.05) is 0 Å². The van der Waals surface area contributed by atoms with E-state index < -0.39 is 0 Å². The van der Waals surface area contributed by atoms with Crippen LogP contribution in [0.3, 0.4) is 0 Å². The van der Waals surface area contributed by atoms with Crippen LogP contribution in [-0.4, -0.2) is 37.7 Å². The van der Waals surface area contributed by atoms with Gasteiger partial charge in [-0.25, -0.2) is 0 Å². The Labute approximate surface area is 74.5 Å². The second-order valence-corrected chi connectivity index (χ2v) is 0. The molecule has 0 saturated carbocycles. The molecule has 0 aliphatic rings. The molecule has 0 saturated heterocycles. The smallest absolute Gasteiger partial charge is 1.00 e. The van der Waals surface area contributed by atoms with E-state index in [2.05, 4.69) is 12.8 Å². The summed E-state index contributed by atoms with van der Waals surface area (Å²) in [5, 5.41) is 0. The quantitative estimate of drug-likeness (QED) is 0.230. The number of hydrogen-bond donors (Lipinski definition) is 0. The molecular formula is C2H2CaCl2. The van der Waals surface area contributed by atoms with E-state index in [0.717, 1.165) is 0 Å². The molecular weight excluding hydrogens is 135 g/mol. The van der Waals surface area contributed by atoms with Gasteiger partial charge in [0.15, 0.2) is 0 Å². The fourth-order valence-corrected chi connectivity index (χ4v) is 0. The zero-order chi connectivity index (χ0) is 2.00. The molecule has 0 atom stereocenters. The maximum atomic E-state index is 4.00. The van der Waals surface area contributed by atoms with Gasteiger partial charge < -0.3 is 24.8 Å². The van der Waals surface area contributed by atoms with Crippen molar-refractivity contribution in [2.24, 2.45) is 0 Å². The van der Waals surface area contributed by atoms with Crippen LogP contribution in [0.15, 0.2) is 0 Å². The topological polar surface area (TPSA) is 0 Å². The number of terminal acetylenes is 1. The Hall–Kier alpha value is 1.40. The van der Waals surface area contributed by atoms with E-state index in [-0.39, 0.29) is 62.6 Å². The molecule has 0 heterocycles. The van der Waals surface area contributed by atoms with Gasteiger partial charge in [-0.3, -0.25) is 0 Å². The third-order valence-corrected chi connectivity index (χ3v) is 0. The van der Waals surface area contributed by atoms with Gasteiger partial charge in [-0.15, -0.1) is 12.8 Å². The first-order valence-corrected chi connectivity index (χ1v) is 0.333. The van der Waals surface area contributed by atoms with Crippen LogP contribution in [0.5, 0.6) is 0 Å². The van der Waals surface area contributed by atoms with Crippen LogP contribution in [-0.2, 0) is 0 Å². The van der Waals surface area contributed by atoms with Crippen molar-refractivity contribution in [1.82, 2.24) is 0 Å². The van der Waals surface area contributed by atoms with Crippen molar-refractivity contribution in [2.45, 2.75) is 0 Å². The molecule has 0 aliphatic heterocycles.